The molecule has 0 aromatic heterocycles. The molecule has 1 atom stereocenters. The van der Waals surface area contributed by atoms with Crippen LogP contribution in [0, 0.1) is 0 Å². The lowest BCUT2D eigenvalue weighted by molar-refractivity contribution is -0.124. The fourth-order valence-electron chi connectivity index (χ4n) is 3.00. The van der Waals surface area contributed by atoms with Crippen molar-refractivity contribution in [2.45, 2.75) is 58.6 Å². The molecule has 2 rings (SSSR count). The summed E-state index contributed by atoms with van der Waals surface area (Å²) >= 11 is 0. The van der Waals surface area contributed by atoms with Gasteiger partial charge in [-0.25, -0.2) is 4.99 Å². The van der Waals surface area contributed by atoms with Crippen molar-refractivity contribution < 1.29 is 14.3 Å². The van der Waals surface area contributed by atoms with E-state index in [1.54, 1.807) is 0 Å². The predicted octanol–water partition coefficient (Wildman–Crippen LogP) is 3.68. The van der Waals surface area contributed by atoms with Crippen LogP contribution in [0.5, 0.6) is 0 Å². The number of rotatable bonds is 12. The Morgan fingerprint density at radius 3 is 2.80 bits per heavy atom. The van der Waals surface area contributed by atoms with Crippen LogP contribution in [0.4, 0.5) is 5.69 Å². The first-order chi connectivity index (χ1) is 14.2. The summed E-state index contributed by atoms with van der Waals surface area (Å²) in [4.78, 5) is 16.9. The fourth-order valence-corrected chi connectivity index (χ4v) is 3.00. The first-order valence-corrected chi connectivity index (χ1v) is 10.8. The maximum atomic E-state index is 12.2. The van der Waals surface area contributed by atoms with Gasteiger partial charge in [-0.15, -0.1) is 24.0 Å². The summed E-state index contributed by atoms with van der Waals surface area (Å²) in [5.41, 5.74) is 1.82. The SMILES string of the molecule is CCCCOCCCNC(=NCc1cccc(NC(=O)C2CCCO2)c1)NCC.I. The molecular formula is C22H37IN4O3. The number of unbranched alkanes of at least 4 members (excludes halogenated alkanes) is 1. The number of nitrogens with one attached hydrogen (secondary N) is 3. The van der Waals surface area contributed by atoms with E-state index in [4.69, 9.17) is 9.47 Å². The molecule has 0 bridgehead atoms. The minimum atomic E-state index is -0.327. The van der Waals surface area contributed by atoms with Gasteiger partial charge in [0, 0.05) is 38.6 Å². The van der Waals surface area contributed by atoms with E-state index in [0.29, 0.717) is 13.2 Å². The number of guanidine groups is 1. The highest BCUT2D eigenvalue weighted by atomic mass is 127. The molecule has 1 heterocycles. The highest BCUT2D eigenvalue weighted by molar-refractivity contribution is 14.0. The molecular weight excluding hydrogens is 495 g/mol. The summed E-state index contributed by atoms with van der Waals surface area (Å²) in [6, 6.07) is 7.80. The van der Waals surface area contributed by atoms with Crippen LogP contribution in [0.2, 0.25) is 0 Å². The van der Waals surface area contributed by atoms with E-state index in [1.165, 1.54) is 0 Å². The van der Waals surface area contributed by atoms with Gasteiger partial charge in [0.1, 0.15) is 6.10 Å². The zero-order valence-electron chi connectivity index (χ0n) is 18.2. The number of benzene rings is 1. The second kappa shape index (κ2) is 16.3. The average Bonchev–Trinajstić information content (AvgIpc) is 3.26. The number of hydrogen-bond donors (Lipinski definition) is 3. The number of halogens is 1. The molecule has 1 aromatic rings. The first-order valence-electron chi connectivity index (χ1n) is 10.8. The largest absolute Gasteiger partial charge is 0.381 e. The molecule has 0 spiro atoms. The molecule has 1 aliphatic heterocycles. The molecule has 1 aliphatic rings. The third-order valence-electron chi connectivity index (χ3n) is 4.58. The molecule has 3 N–H and O–H groups in total. The lowest BCUT2D eigenvalue weighted by Gasteiger charge is -2.12. The molecule has 30 heavy (non-hydrogen) atoms. The number of amides is 1. The summed E-state index contributed by atoms with van der Waals surface area (Å²) in [6.07, 6.45) is 4.63. The Morgan fingerprint density at radius 2 is 2.07 bits per heavy atom. The van der Waals surface area contributed by atoms with Gasteiger partial charge in [0.15, 0.2) is 5.96 Å². The zero-order valence-corrected chi connectivity index (χ0v) is 20.6. The maximum absolute atomic E-state index is 12.2. The van der Waals surface area contributed by atoms with Crippen molar-refractivity contribution >= 4 is 41.5 Å². The second-order valence-corrected chi connectivity index (χ2v) is 7.13. The van der Waals surface area contributed by atoms with Crippen molar-refractivity contribution in [3.8, 4) is 0 Å². The zero-order chi connectivity index (χ0) is 20.7. The van der Waals surface area contributed by atoms with Crippen LogP contribution >= 0.6 is 24.0 Å². The van der Waals surface area contributed by atoms with Gasteiger partial charge in [0.2, 0.25) is 0 Å². The van der Waals surface area contributed by atoms with Gasteiger partial charge < -0.3 is 25.4 Å². The van der Waals surface area contributed by atoms with Gasteiger partial charge in [-0.1, -0.05) is 25.5 Å². The molecule has 1 saturated heterocycles. The standard InChI is InChI=1S/C22H36N4O3.HI/c1-3-5-13-28-14-8-12-24-22(23-4-2)25-17-18-9-6-10-19(16-18)26-21(27)20-11-7-15-29-20;/h6,9-10,16,20H,3-5,7-8,11-15,17H2,1-2H3,(H,26,27)(H2,23,24,25);1H. The lowest BCUT2D eigenvalue weighted by Crippen LogP contribution is -2.38. The van der Waals surface area contributed by atoms with Crippen molar-refractivity contribution in [3.05, 3.63) is 29.8 Å². The van der Waals surface area contributed by atoms with Gasteiger partial charge in [0.05, 0.1) is 6.54 Å². The van der Waals surface area contributed by atoms with Gasteiger partial charge in [0.25, 0.3) is 5.91 Å². The van der Waals surface area contributed by atoms with E-state index in [2.05, 4.69) is 27.9 Å². The smallest absolute Gasteiger partial charge is 0.253 e. The molecule has 8 heteroatoms. The van der Waals surface area contributed by atoms with Crippen LogP contribution in [-0.2, 0) is 20.8 Å². The molecule has 1 aromatic carbocycles. The van der Waals surface area contributed by atoms with E-state index in [1.807, 2.05) is 31.2 Å². The molecule has 0 radical (unpaired) electrons. The lowest BCUT2D eigenvalue weighted by atomic mass is 10.2. The number of carbonyl (C=O) groups is 1. The summed E-state index contributed by atoms with van der Waals surface area (Å²) in [7, 11) is 0. The molecule has 1 unspecified atom stereocenters. The summed E-state index contributed by atoms with van der Waals surface area (Å²) in [6.45, 7) is 8.63. The topological polar surface area (TPSA) is 84.0 Å². The second-order valence-electron chi connectivity index (χ2n) is 7.13. The van der Waals surface area contributed by atoms with Gasteiger partial charge >= 0.3 is 0 Å². The summed E-state index contributed by atoms with van der Waals surface area (Å²) in [5.74, 6) is 0.717. The highest BCUT2D eigenvalue weighted by Crippen LogP contribution is 2.16. The van der Waals surface area contributed by atoms with Gasteiger partial charge in [-0.05, 0) is 50.3 Å². The van der Waals surface area contributed by atoms with Crippen LogP contribution in [0.25, 0.3) is 0 Å². The maximum Gasteiger partial charge on any atom is 0.253 e. The fraction of sp³-hybridized carbons (Fsp3) is 0.636. The molecule has 7 nitrogen and oxygen atoms in total. The predicted molar refractivity (Wildman–Crippen MR) is 133 cm³/mol. The van der Waals surface area contributed by atoms with Crippen LogP contribution in [0.1, 0.15) is 51.5 Å². The molecule has 0 aliphatic carbocycles. The number of anilines is 1. The van der Waals surface area contributed by atoms with Crippen molar-refractivity contribution in [2.24, 2.45) is 4.99 Å². The van der Waals surface area contributed by atoms with Crippen molar-refractivity contribution in [1.82, 2.24) is 10.6 Å². The minimum Gasteiger partial charge on any atom is -0.381 e. The first kappa shape index (κ1) is 26.6. The highest BCUT2D eigenvalue weighted by Gasteiger charge is 2.23. The third-order valence-corrected chi connectivity index (χ3v) is 4.58. The van der Waals surface area contributed by atoms with E-state index in [9.17, 15) is 4.79 Å². The average molecular weight is 532 g/mol. The van der Waals surface area contributed by atoms with Gasteiger partial charge in [-0.3, -0.25) is 4.79 Å². The monoisotopic (exact) mass is 532 g/mol. The number of aliphatic imine (C=N–C) groups is 1. The van der Waals surface area contributed by atoms with E-state index >= 15 is 0 Å². The van der Waals surface area contributed by atoms with E-state index < -0.39 is 0 Å². The third kappa shape index (κ3) is 10.6. The number of nitrogens with zero attached hydrogens (tertiary/aromatic N) is 1. The van der Waals surface area contributed by atoms with E-state index in [-0.39, 0.29) is 36.0 Å². The molecule has 0 saturated carbocycles. The minimum absolute atomic E-state index is 0. The quantitative estimate of drug-likeness (QED) is 0.166. The Labute approximate surface area is 197 Å². The molecule has 170 valence electrons. The van der Waals surface area contributed by atoms with Gasteiger partial charge in [-0.2, -0.15) is 0 Å². The summed E-state index contributed by atoms with van der Waals surface area (Å²) < 4.78 is 11.0. The number of ether oxygens (including phenoxy) is 2. The van der Waals surface area contributed by atoms with Crippen molar-refractivity contribution in [3.63, 3.8) is 0 Å². The van der Waals surface area contributed by atoms with Crippen LogP contribution in [0.3, 0.4) is 0 Å². The van der Waals surface area contributed by atoms with Crippen molar-refractivity contribution in [1.29, 1.82) is 0 Å². The Kier molecular flexibility index (Phi) is 14.5. The van der Waals surface area contributed by atoms with Crippen LogP contribution < -0.4 is 16.0 Å². The Hall–Kier alpha value is -1.39. The molecule has 1 amide bonds. The Bertz CT molecular complexity index is 637. The summed E-state index contributed by atoms with van der Waals surface area (Å²) in [5, 5.41) is 9.54. The Morgan fingerprint density at radius 1 is 1.23 bits per heavy atom. The Balaban J connectivity index is 0.00000450. The number of carbonyl (C=O) groups excluding carboxylic acids is 1. The molecule has 1 fully saturated rings. The van der Waals surface area contributed by atoms with Crippen molar-refractivity contribution in [2.75, 3.05) is 38.2 Å². The van der Waals surface area contributed by atoms with Crippen LogP contribution in [-0.4, -0.2) is 50.9 Å². The number of hydrogen-bond acceptors (Lipinski definition) is 4. The van der Waals surface area contributed by atoms with Crippen LogP contribution in [0.15, 0.2) is 29.3 Å². The normalized spacial score (nSPS) is 16.1. The van der Waals surface area contributed by atoms with E-state index in [0.717, 1.165) is 75.6 Å².